The second kappa shape index (κ2) is 10.4. The van der Waals surface area contributed by atoms with Crippen molar-refractivity contribution in [1.82, 2.24) is 0 Å². The number of guanidine groups is 1. The number of carbonyl (C=O) groups excluding carboxylic acids is 1. The van der Waals surface area contributed by atoms with Crippen LogP contribution in [0.25, 0.3) is 11.1 Å². The molecule has 1 aromatic heterocycles. The van der Waals surface area contributed by atoms with Gasteiger partial charge in [-0.2, -0.15) is 5.26 Å². The molecular weight excluding hydrogens is 426 g/mol. The van der Waals surface area contributed by atoms with E-state index >= 15 is 0 Å². The Labute approximate surface area is 196 Å². The van der Waals surface area contributed by atoms with E-state index in [4.69, 9.17) is 5.73 Å². The molecule has 0 atom stereocenters. The highest BCUT2D eigenvalue weighted by Gasteiger charge is 2.09. The Kier molecular flexibility index (Phi) is 6.77. The zero-order chi connectivity index (χ0) is 23.8. The van der Waals surface area contributed by atoms with Crippen LogP contribution in [-0.2, 0) is 0 Å². The van der Waals surface area contributed by atoms with E-state index in [-0.39, 0.29) is 12.0 Å². The van der Waals surface area contributed by atoms with Crippen LogP contribution in [0.2, 0.25) is 0 Å². The van der Waals surface area contributed by atoms with E-state index < -0.39 is 0 Å². The number of hydrogen-bond donors (Lipinski definition) is 4. The minimum atomic E-state index is -0.307. The molecule has 0 fully saturated rings. The van der Waals surface area contributed by atoms with Gasteiger partial charge in [-0.05, 0) is 53.0 Å². The van der Waals surface area contributed by atoms with E-state index in [2.05, 4.69) is 32.0 Å². The summed E-state index contributed by atoms with van der Waals surface area (Å²) in [5.74, 6) is 0.718. The maximum atomic E-state index is 12.1. The predicted octanol–water partition coefficient (Wildman–Crippen LogP) is 4.74. The summed E-state index contributed by atoms with van der Waals surface area (Å²) in [7, 11) is 0. The number of H-pyrrole nitrogens is 1. The number of benzene rings is 3. The average Bonchev–Trinajstić information content (AvgIpc) is 2.86. The lowest BCUT2D eigenvalue weighted by Gasteiger charge is -2.08. The van der Waals surface area contributed by atoms with Gasteiger partial charge in [-0.1, -0.05) is 42.5 Å². The summed E-state index contributed by atoms with van der Waals surface area (Å²) in [4.78, 5) is 19.6. The van der Waals surface area contributed by atoms with E-state index in [9.17, 15) is 10.1 Å². The highest BCUT2D eigenvalue weighted by Crippen LogP contribution is 2.21. The quantitative estimate of drug-likeness (QED) is 0.259. The minimum Gasteiger partial charge on any atom is -0.348 e. The van der Waals surface area contributed by atoms with Crippen molar-refractivity contribution < 1.29 is 9.78 Å². The number of aliphatic imine (C=N–C) groups is 1. The van der Waals surface area contributed by atoms with Crippen molar-refractivity contribution in [2.75, 3.05) is 16.0 Å². The number of nitrogens with two attached hydrogens (primary N) is 1. The summed E-state index contributed by atoms with van der Waals surface area (Å²) in [6.45, 7) is 0. The van der Waals surface area contributed by atoms with Crippen LogP contribution in [0.5, 0.6) is 0 Å². The first kappa shape index (κ1) is 22.0. The molecule has 0 aliphatic rings. The van der Waals surface area contributed by atoms with Gasteiger partial charge in [0.05, 0.1) is 17.4 Å². The number of nitriles is 1. The number of hydrogen-bond acceptors (Lipinski definition) is 3. The van der Waals surface area contributed by atoms with Crippen molar-refractivity contribution in [2.45, 2.75) is 0 Å². The summed E-state index contributed by atoms with van der Waals surface area (Å²) in [6, 6.07) is 29.3. The average molecular weight is 449 g/mol. The zero-order valence-corrected chi connectivity index (χ0v) is 18.1. The van der Waals surface area contributed by atoms with Gasteiger partial charge >= 0.3 is 17.8 Å². The molecule has 0 saturated heterocycles. The molecule has 0 aliphatic carbocycles. The van der Waals surface area contributed by atoms with Gasteiger partial charge in [0.1, 0.15) is 6.07 Å². The second-order valence-corrected chi connectivity index (χ2v) is 7.26. The molecule has 166 valence electrons. The fourth-order valence-corrected chi connectivity index (χ4v) is 3.21. The summed E-state index contributed by atoms with van der Waals surface area (Å²) in [6.07, 6.45) is 1.82. The van der Waals surface area contributed by atoms with Gasteiger partial charge in [0.25, 0.3) is 0 Å². The highest BCUT2D eigenvalue weighted by atomic mass is 16.2. The maximum absolute atomic E-state index is 12.1. The number of amides is 2. The van der Waals surface area contributed by atoms with Crippen LogP contribution < -0.4 is 26.7 Å². The summed E-state index contributed by atoms with van der Waals surface area (Å²) in [5.41, 5.74) is 10.4. The standard InChI is InChI=1S/C26H21N7O/c27-16-19-6-4-5-9-23(19)32-25(28)33-24-15-12-20(17-29-24)18-10-13-22(14-11-18)31-26(34)30-21-7-2-1-3-8-21/h1-15,17H,(H2,30,31,34)(H3,28,29,32,33)/p+1. The van der Waals surface area contributed by atoms with E-state index in [1.165, 1.54) is 0 Å². The number of nitrogens with zero attached hydrogens (tertiary/aromatic N) is 2. The van der Waals surface area contributed by atoms with E-state index in [0.717, 1.165) is 16.8 Å². The summed E-state index contributed by atoms with van der Waals surface area (Å²) < 4.78 is 0. The van der Waals surface area contributed by atoms with Gasteiger partial charge in [-0.3, -0.25) is 0 Å². The largest absolute Gasteiger partial charge is 0.348 e. The Hall–Kier alpha value is -5.16. The SMILES string of the molecule is N#Cc1ccccc1NC(N)=Nc1ccc(-c2ccc(NC(=O)Nc3ccccc3)cc2)c[nH+]1. The predicted molar refractivity (Wildman–Crippen MR) is 134 cm³/mol. The van der Waals surface area contributed by atoms with Crippen LogP contribution in [0.1, 0.15) is 5.56 Å². The molecule has 8 nitrogen and oxygen atoms in total. The van der Waals surface area contributed by atoms with Crippen molar-refractivity contribution in [3.8, 4) is 17.2 Å². The number of pyridine rings is 1. The first-order valence-electron chi connectivity index (χ1n) is 10.5. The van der Waals surface area contributed by atoms with Crippen LogP contribution in [0.4, 0.5) is 27.7 Å². The van der Waals surface area contributed by atoms with Crippen LogP contribution >= 0.6 is 0 Å². The highest BCUT2D eigenvalue weighted by molar-refractivity contribution is 5.99. The normalized spacial score (nSPS) is 10.7. The number of para-hydroxylation sites is 2. The van der Waals surface area contributed by atoms with E-state index in [1.807, 2.05) is 72.9 Å². The zero-order valence-electron chi connectivity index (χ0n) is 18.1. The molecule has 34 heavy (non-hydrogen) atoms. The molecule has 4 rings (SSSR count). The number of nitrogens with one attached hydrogen (secondary N) is 4. The third kappa shape index (κ3) is 5.75. The Morgan fingerprint density at radius 1 is 0.794 bits per heavy atom. The molecule has 6 N–H and O–H groups in total. The molecule has 0 radical (unpaired) electrons. The lowest BCUT2D eigenvalue weighted by atomic mass is 10.1. The molecule has 0 bridgehead atoms. The molecule has 0 unspecified atom stereocenters. The number of aromatic nitrogens is 1. The van der Waals surface area contributed by atoms with Crippen molar-refractivity contribution in [2.24, 2.45) is 10.7 Å². The lowest BCUT2D eigenvalue weighted by molar-refractivity contribution is -0.361. The molecule has 0 aliphatic heterocycles. The molecule has 0 saturated carbocycles. The molecule has 3 aromatic carbocycles. The Morgan fingerprint density at radius 2 is 1.44 bits per heavy atom. The number of carbonyl (C=O) groups is 1. The van der Waals surface area contributed by atoms with Gasteiger partial charge in [-0.15, -0.1) is 0 Å². The Morgan fingerprint density at radius 3 is 2.12 bits per heavy atom. The number of aromatic amines is 1. The third-order valence-electron chi connectivity index (χ3n) is 4.86. The molecule has 2 amide bonds. The van der Waals surface area contributed by atoms with E-state index in [1.54, 1.807) is 24.3 Å². The van der Waals surface area contributed by atoms with Gasteiger partial charge < -0.3 is 21.7 Å². The molecule has 0 spiro atoms. The first-order valence-corrected chi connectivity index (χ1v) is 10.5. The lowest BCUT2D eigenvalue weighted by Crippen LogP contribution is -2.23. The summed E-state index contributed by atoms with van der Waals surface area (Å²) in [5, 5.41) is 17.7. The number of urea groups is 1. The van der Waals surface area contributed by atoms with Gasteiger partial charge in [-0.25, -0.2) is 9.78 Å². The Balaban J connectivity index is 1.38. The van der Waals surface area contributed by atoms with Crippen LogP contribution in [0.15, 0.2) is 102 Å². The fourth-order valence-electron chi connectivity index (χ4n) is 3.21. The van der Waals surface area contributed by atoms with Crippen LogP contribution in [-0.4, -0.2) is 12.0 Å². The van der Waals surface area contributed by atoms with Crippen molar-refractivity contribution >= 4 is 34.9 Å². The van der Waals surface area contributed by atoms with Crippen molar-refractivity contribution in [1.29, 1.82) is 5.26 Å². The number of rotatable bonds is 5. The number of anilines is 3. The topological polar surface area (TPSA) is 129 Å². The molecule has 8 heteroatoms. The van der Waals surface area contributed by atoms with Crippen molar-refractivity contribution in [3.63, 3.8) is 0 Å². The van der Waals surface area contributed by atoms with Gasteiger partial charge in [0.15, 0.2) is 0 Å². The molecule has 4 aromatic rings. The molecular formula is C26H22N7O+. The minimum absolute atomic E-state index is 0.163. The first-order chi connectivity index (χ1) is 16.6. The Bertz CT molecular complexity index is 1340. The van der Waals surface area contributed by atoms with Gasteiger partial charge in [0, 0.05) is 23.0 Å². The van der Waals surface area contributed by atoms with Crippen LogP contribution in [0.3, 0.4) is 0 Å². The van der Waals surface area contributed by atoms with E-state index in [0.29, 0.717) is 22.8 Å². The third-order valence-corrected chi connectivity index (χ3v) is 4.86. The smallest absolute Gasteiger partial charge is 0.325 e. The van der Waals surface area contributed by atoms with Gasteiger partial charge in [0.2, 0.25) is 0 Å². The van der Waals surface area contributed by atoms with Crippen molar-refractivity contribution in [3.05, 3.63) is 103 Å². The second-order valence-electron chi connectivity index (χ2n) is 7.26. The molecule has 1 heterocycles. The van der Waals surface area contributed by atoms with Crippen LogP contribution in [0, 0.1) is 11.3 Å². The fraction of sp³-hybridized carbons (Fsp3) is 0. The monoisotopic (exact) mass is 448 g/mol. The maximum Gasteiger partial charge on any atom is 0.325 e. The summed E-state index contributed by atoms with van der Waals surface area (Å²) >= 11 is 0.